The molecule has 0 aliphatic carbocycles. The predicted molar refractivity (Wildman–Crippen MR) is 93.2 cm³/mol. The van der Waals surface area contributed by atoms with E-state index in [4.69, 9.17) is 0 Å². The van der Waals surface area contributed by atoms with Gasteiger partial charge in [0.25, 0.3) is 5.91 Å². The zero-order valence-corrected chi connectivity index (χ0v) is 13.7. The van der Waals surface area contributed by atoms with Crippen LogP contribution in [0.4, 0.5) is 4.39 Å². The number of hydrogen-bond acceptors (Lipinski definition) is 2. The number of piperidine rings is 1. The van der Waals surface area contributed by atoms with Crippen LogP contribution >= 0.6 is 0 Å². The summed E-state index contributed by atoms with van der Waals surface area (Å²) in [4.78, 5) is 14.5. The number of nitrogens with zero attached hydrogens (tertiary/aromatic N) is 1. The summed E-state index contributed by atoms with van der Waals surface area (Å²) in [6, 6.07) is 16.3. The quantitative estimate of drug-likeness (QED) is 0.912. The topological polar surface area (TPSA) is 32.3 Å². The molecule has 1 aliphatic heterocycles. The number of carbonyl (C=O) groups excluding carboxylic acids is 1. The first kappa shape index (κ1) is 16.7. The van der Waals surface area contributed by atoms with Crippen LogP contribution in [0.15, 0.2) is 54.6 Å². The summed E-state index contributed by atoms with van der Waals surface area (Å²) in [7, 11) is 0. The molecule has 4 heteroatoms. The summed E-state index contributed by atoms with van der Waals surface area (Å²) in [5.74, 6) is -0.0763. The minimum Gasteiger partial charge on any atom is -0.352 e. The second-order valence-corrected chi connectivity index (χ2v) is 6.43. The van der Waals surface area contributed by atoms with Gasteiger partial charge in [-0.25, -0.2) is 4.39 Å². The van der Waals surface area contributed by atoms with Crippen molar-refractivity contribution in [1.29, 1.82) is 0 Å². The van der Waals surface area contributed by atoms with E-state index < -0.39 is 0 Å². The molecule has 3 nitrogen and oxygen atoms in total. The first-order valence-corrected chi connectivity index (χ1v) is 8.51. The van der Waals surface area contributed by atoms with Crippen molar-refractivity contribution in [3.05, 3.63) is 71.5 Å². The fourth-order valence-corrected chi connectivity index (χ4v) is 3.16. The van der Waals surface area contributed by atoms with E-state index in [1.807, 2.05) is 6.07 Å². The van der Waals surface area contributed by atoms with Gasteiger partial charge in [-0.15, -0.1) is 0 Å². The first-order valence-electron chi connectivity index (χ1n) is 8.51. The molecule has 0 atom stereocenters. The van der Waals surface area contributed by atoms with E-state index >= 15 is 0 Å². The Morgan fingerprint density at radius 3 is 2.54 bits per heavy atom. The summed E-state index contributed by atoms with van der Waals surface area (Å²) in [6.45, 7) is 3.75. The van der Waals surface area contributed by atoms with E-state index in [2.05, 4.69) is 34.5 Å². The Bertz CT molecular complexity index is 666. The Morgan fingerprint density at radius 2 is 1.83 bits per heavy atom. The Kier molecular flexibility index (Phi) is 5.59. The molecule has 0 radical (unpaired) electrons. The molecule has 1 fully saturated rings. The van der Waals surface area contributed by atoms with Crippen LogP contribution in [-0.2, 0) is 6.54 Å². The molecule has 1 heterocycles. The normalized spacial score (nSPS) is 16.0. The summed E-state index contributed by atoms with van der Waals surface area (Å²) in [5.41, 5.74) is 1.73. The maximum Gasteiger partial charge on any atom is 0.251 e. The summed E-state index contributed by atoms with van der Waals surface area (Å²) < 4.78 is 13.2. The molecule has 0 aromatic heterocycles. The number of amides is 1. The van der Waals surface area contributed by atoms with E-state index in [-0.39, 0.29) is 11.7 Å². The highest BCUT2D eigenvalue weighted by Gasteiger charge is 2.20. The van der Waals surface area contributed by atoms with Crippen LogP contribution in [0.2, 0.25) is 0 Å². The summed E-state index contributed by atoms with van der Waals surface area (Å²) in [5, 5.41) is 2.94. The Morgan fingerprint density at radius 1 is 1.08 bits per heavy atom. The van der Waals surface area contributed by atoms with E-state index in [1.165, 1.54) is 17.7 Å². The van der Waals surface area contributed by atoms with Crippen LogP contribution < -0.4 is 5.32 Å². The molecule has 1 aliphatic rings. The first-order chi connectivity index (χ1) is 11.7. The van der Waals surface area contributed by atoms with Crippen molar-refractivity contribution in [2.45, 2.75) is 19.4 Å². The van der Waals surface area contributed by atoms with E-state index in [0.29, 0.717) is 18.0 Å². The lowest BCUT2D eigenvalue weighted by Gasteiger charge is -2.32. The molecule has 0 unspecified atom stereocenters. The molecule has 0 bridgehead atoms. The van der Waals surface area contributed by atoms with Gasteiger partial charge in [-0.3, -0.25) is 9.69 Å². The standard InChI is InChI=1S/C20H23FN2O/c21-19-8-4-7-18(13-19)20(24)22-14-16-9-11-23(12-10-16)15-17-5-2-1-3-6-17/h1-8,13,16H,9-12,14-15H2,(H,22,24). The molecule has 1 saturated heterocycles. The minimum atomic E-state index is -0.378. The molecular formula is C20H23FN2O. The fraction of sp³-hybridized carbons (Fsp3) is 0.350. The lowest BCUT2D eigenvalue weighted by molar-refractivity contribution is 0.0935. The van der Waals surface area contributed by atoms with Gasteiger partial charge in [0.1, 0.15) is 5.82 Å². The number of likely N-dealkylation sites (tertiary alicyclic amines) is 1. The minimum absolute atomic E-state index is 0.193. The molecule has 1 amide bonds. The smallest absolute Gasteiger partial charge is 0.251 e. The Labute approximate surface area is 142 Å². The van der Waals surface area contributed by atoms with Gasteiger partial charge in [-0.1, -0.05) is 36.4 Å². The highest BCUT2D eigenvalue weighted by atomic mass is 19.1. The third-order valence-electron chi connectivity index (χ3n) is 4.59. The fourth-order valence-electron chi connectivity index (χ4n) is 3.16. The number of benzene rings is 2. The molecule has 24 heavy (non-hydrogen) atoms. The largest absolute Gasteiger partial charge is 0.352 e. The van der Waals surface area contributed by atoms with Crippen molar-refractivity contribution in [2.24, 2.45) is 5.92 Å². The van der Waals surface area contributed by atoms with Crippen LogP contribution in [0.5, 0.6) is 0 Å². The second-order valence-electron chi connectivity index (χ2n) is 6.43. The number of rotatable bonds is 5. The summed E-state index contributed by atoms with van der Waals surface area (Å²) >= 11 is 0. The zero-order valence-electron chi connectivity index (χ0n) is 13.7. The summed E-state index contributed by atoms with van der Waals surface area (Å²) in [6.07, 6.45) is 2.16. The van der Waals surface area contributed by atoms with Gasteiger partial charge in [0, 0.05) is 18.7 Å². The third-order valence-corrected chi connectivity index (χ3v) is 4.59. The molecule has 1 N–H and O–H groups in total. The number of nitrogens with one attached hydrogen (secondary N) is 1. The lowest BCUT2D eigenvalue weighted by atomic mass is 9.96. The van der Waals surface area contributed by atoms with Crippen LogP contribution in [0.3, 0.4) is 0 Å². The Hall–Kier alpha value is -2.20. The van der Waals surface area contributed by atoms with E-state index in [0.717, 1.165) is 32.5 Å². The van der Waals surface area contributed by atoms with Crippen molar-refractivity contribution in [3.8, 4) is 0 Å². The average Bonchev–Trinajstić information content (AvgIpc) is 2.62. The third kappa shape index (κ3) is 4.65. The second kappa shape index (κ2) is 8.06. The van der Waals surface area contributed by atoms with Crippen LogP contribution in [0.1, 0.15) is 28.8 Å². The number of carbonyl (C=O) groups is 1. The Balaban J connectivity index is 1.42. The molecule has 126 valence electrons. The van der Waals surface area contributed by atoms with E-state index in [1.54, 1.807) is 12.1 Å². The zero-order chi connectivity index (χ0) is 16.8. The van der Waals surface area contributed by atoms with Gasteiger partial charge in [0.15, 0.2) is 0 Å². The maximum absolute atomic E-state index is 13.2. The SMILES string of the molecule is O=C(NCC1CCN(Cc2ccccc2)CC1)c1cccc(F)c1. The molecule has 2 aromatic carbocycles. The lowest BCUT2D eigenvalue weighted by Crippen LogP contribution is -2.38. The number of hydrogen-bond donors (Lipinski definition) is 1. The van der Waals surface area contributed by atoms with Gasteiger partial charge in [0.2, 0.25) is 0 Å². The van der Waals surface area contributed by atoms with Gasteiger partial charge in [0.05, 0.1) is 0 Å². The van der Waals surface area contributed by atoms with Gasteiger partial charge >= 0.3 is 0 Å². The highest BCUT2D eigenvalue weighted by Crippen LogP contribution is 2.18. The van der Waals surface area contributed by atoms with Crippen LogP contribution in [-0.4, -0.2) is 30.4 Å². The van der Waals surface area contributed by atoms with Crippen molar-refractivity contribution < 1.29 is 9.18 Å². The van der Waals surface area contributed by atoms with Crippen molar-refractivity contribution in [3.63, 3.8) is 0 Å². The molecule has 3 rings (SSSR count). The molecule has 0 spiro atoms. The maximum atomic E-state index is 13.2. The van der Waals surface area contributed by atoms with Gasteiger partial charge in [-0.2, -0.15) is 0 Å². The van der Waals surface area contributed by atoms with Crippen LogP contribution in [0.25, 0.3) is 0 Å². The average molecular weight is 326 g/mol. The molecule has 2 aromatic rings. The van der Waals surface area contributed by atoms with Gasteiger partial charge in [-0.05, 0) is 55.6 Å². The van der Waals surface area contributed by atoms with Crippen molar-refractivity contribution >= 4 is 5.91 Å². The monoisotopic (exact) mass is 326 g/mol. The molecular weight excluding hydrogens is 303 g/mol. The highest BCUT2D eigenvalue weighted by molar-refractivity contribution is 5.94. The predicted octanol–water partition coefficient (Wildman–Crippen LogP) is 3.47. The van der Waals surface area contributed by atoms with E-state index in [9.17, 15) is 9.18 Å². The van der Waals surface area contributed by atoms with Crippen LogP contribution in [0, 0.1) is 11.7 Å². The molecule has 0 saturated carbocycles. The van der Waals surface area contributed by atoms with Gasteiger partial charge < -0.3 is 5.32 Å². The van der Waals surface area contributed by atoms with Crippen molar-refractivity contribution in [2.75, 3.05) is 19.6 Å². The van der Waals surface area contributed by atoms with Crippen molar-refractivity contribution in [1.82, 2.24) is 10.2 Å². The number of halogens is 1.